The molecule has 16 heavy (non-hydrogen) atoms. The van der Waals surface area contributed by atoms with Crippen LogP contribution in [0.25, 0.3) is 0 Å². The van der Waals surface area contributed by atoms with Crippen molar-refractivity contribution in [2.45, 2.75) is 12.2 Å². The van der Waals surface area contributed by atoms with Gasteiger partial charge in [-0.1, -0.05) is 0 Å². The fraction of sp³-hybridized carbons (Fsp3) is 0.400. The number of rotatable bonds is 3. The third-order valence-electron chi connectivity index (χ3n) is 2.21. The number of alkyl halides is 3. The van der Waals surface area contributed by atoms with Crippen LogP contribution in [0, 0.1) is 0 Å². The summed E-state index contributed by atoms with van der Waals surface area (Å²) in [7, 11) is 1.37. The van der Waals surface area contributed by atoms with Gasteiger partial charge < -0.3 is 16.2 Å². The lowest BCUT2D eigenvalue weighted by atomic mass is 10.0. The maximum Gasteiger partial charge on any atom is 0.416 e. The normalized spacial score (nSPS) is 13.6. The van der Waals surface area contributed by atoms with Gasteiger partial charge in [0.1, 0.15) is 5.75 Å². The lowest BCUT2D eigenvalue weighted by molar-refractivity contribution is -0.137. The summed E-state index contributed by atoms with van der Waals surface area (Å²) in [5, 5.41) is 0. The number of hydrogen-bond acceptors (Lipinski definition) is 3. The molecule has 0 aromatic heterocycles. The van der Waals surface area contributed by atoms with Crippen molar-refractivity contribution in [3.63, 3.8) is 0 Å². The number of methoxy groups -OCH3 is 1. The minimum Gasteiger partial charge on any atom is -0.496 e. The van der Waals surface area contributed by atoms with E-state index in [-0.39, 0.29) is 12.1 Å². The molecule has 0 heterocycles. The zero-order chi connectivity index (χ0) is 12.3. The quantitative estimate of drug-likeness (QED) is 0.836. The predicted octanol–water partition coefficient (Wildman–Crippen LogP) is 1.67. The van der Waals surface area contributed by atoms with E-state index in [1.807, 2.05) is 0 Å². The van der Waals surface area contributed by atoms with Gasteiger partial charge in [0.25, 0.3) is 0 Å². The van der Waals surface area contributed by atoms with E-state index in [1.54, 1.807) is 0 Å². The lowest BCUT2D eigenvalue weighted by Crippen LogP contribution is -2.22. The molecular weight excluding hydrogens is 221 g/mol. The molecule has 0 amide bonds. The van der Waals surface area contributed by atoms with Crippen molar-refractivity contribution in [3.05, 3.63) is 29.3 Å². The van der Waals surface area contributed by atoms with E-state index >= 15 is 0 Å². The maximum absolute atomic E-state index is 12.5. The number of benzene rings is 1. The fourth-order valence-corrected chi connectivity index (χ4v) is 1.33. The fourth-order valence-electron chi connectivity index (χ4n) is 1.33. The van der Waals surface area contributed by atoms with Crippen molar-refractivity contribution in [1.82, 2.24) is 0 Å². The van der Waals surface area contributed by atoms with E-state index in [1.165, 1.54) is 13.2 Å². The molecule has 3 nitrogen and oxygen atoms in total. The summed E-state index contributed by atoms with van der Waals surface area (Å²) >= 11 is 0. The molecule has 0 spiro atoms. The largest absolute Gasteiger partial charge is 0.496 e. The van der Waals surface area contributed by atoms with Crippen molar-refractivity contribution in [2.24, 2.45) is 11.5 Å². The highest BCUT2D eigenvalue weighted by molar-refractivity contribution is 5.40. The standard InChI is InChI=1S/C10H13F3N2O/c1-16-9-3-2-6(10(11,12)13)4-7(9)8(15)5-14/h2-4,8H,5,14-15H2,1H3/t8-/m0/s1. The second kappa shape index (κ2) is 4.71. The van der Waals surface area contributed by atoms with Crippen molar-refractivity contribution in [1.29, 1.82) is 0 Å². The first-order valence-corrected chi connectivity index (χ1v) is 4.61. The van der Waals surface area contributed by atoms with Crippen LogP contribution in [0.3, 0.4) is 0 Å². The van der Waals surface area contributed by atoms with Gasteiger partial charge in [0.15, 0.2) is 0 Å². The van der Waals surface area contributed by atoms with Gasteiger partial charge in [-0.15, -0.1) is 0 Å². The zero-order valence-electron chi connectivity index (χ0n) is 8.71. The number of halogens is 3. The highest BCUT2D eigenvalue weighted by atomic mass is 19.4. The topological polar surface area (TPSA) is 61.3 Å². The van der Waals surface area contributed by atoms with Crippen LogP contribution in [0.1, 0.15) is 17.2 Å². The van der Waals surface area contributed by atoms with Gasteiger partial charge in [0.2, 0.25) is 0 Å². The molecule has 0 radical (unpaired) electrons. The van der Waals surface area contributed by atoms with Crippen LogP contribution in [-0.2, 0) is 6.18 Å². The van der Waals surface area contributed by atoms with Gasteiger partial charge in [-0.2, -0.15) is 13.2 Å². The molecule has 1 atom stereocenters. The Bertz CT molecular complexity index is 366. The average molecular weight is 234 g/mol. The van der Waals surface area contributed by atoms with Crippen LogP contribution in [0.2, 0.25) is 0 Å². The van der Waals surface area contributed by atoms with Gasteiger partial charge >= 0.3 is 6.18 Å². The lowest BCUT2D eigenvalue weighted by Gasteiger charge is -2.16. The Morgan fingerprint density at radius 2 is 2.00 bits per heavy atom. The van der Waals surface area contributed by atoms with Crippen molar-refractivity contribution >= 4 is 0 Å². The van der Waals surface area contributed by atoms with Crippen LogP contribution in [0.4, 0.5) is 13.2 Å². The first-order chi connectivity index (χ1) is 7.40. The molecule has 4 N–H and O–H groups in total. The molecule has 0 aliphatic heterocycles. The minimum absolute atomic E-state index is 0.0532. The number of ether oxygens (including phenoxy) is 1. The SMILES string of the molecule is COc1ccc(C(F)(F)F)cc1[C@@H](N)CN. The van der Waals surface area contributed by atoms with Crippen LogP contribution in [-0.4, -0.2) is 13.7 Å². The summed E-state index contributed by atoms with van der Waals surface area (Å²) < 4.78 is 42.3. The van der Waals surface area contributed by atoms with E-state index in [9.17, 15) is 13.2 Å². The average Bonchev–Trinajstić information content (AvgIpc) is 2.25. The van der Waals surface area contributed by atoms with Gasteiger partial charge in [-0.3, -0.25) is 0 Å². The van der Waals surface area contributed by atoms with Crippen LogP contribution >= 0.6 is 0 Å². The van der Waals surface area contributed by atoms with Crippen molar-refractivity contribution in [3.8, 4) is 5.75 Å². The van der Waals surface area contributed by atoms with Gasteiger partial charge in [0.05, 0.1) is 12.7 Å². The molecule has 90 valence electrons. The summed E-state index contributed by atoms with van der Waals surface area (Å²) in [4.78, 5) is 0. The Balaban J connectivity index is 3.21. The smallest absolute Gasteiger partial charge is 0.416 e. The molecule has 0 aliphatic rings. The minimum atomic E-state index is -4.39. The Labute approximate surface area is 91.2 Å². The summed E-state index contributed by atoms with van der Waals surface area (Å²) in [6, 6.07) is 2.49. The van der Waals surface area contributed by atoms with E-state index in [0.717, 1.165) is 12.1 Å². The van der Waals surface area contributed by atoms with E-state index in [2.05, 4.69) is 0 Å². The van der Waals surface area contributed by atoms with Gasteiger partial charge in [0, 0.05) is 18.2 Å². The van der Waals surface area contributed by atoms with Gasteiger partial charge in [-0.25, -0.2) is 0 Å². The van der Waals surface area contributed by atoms with E-state index < -0.39 is 17.8 Å². The summed E-state index contributed by atoms with van der Waals surface area (Å²) in [5.41, 5.74) is 10.4. The van der Waals surface area contributed by atoms with Crippen LogP contribution < -0.4 is 16.2 Å². The molecule has 1 aromatic carbocycles. The van der Waals surface area contributed by atoms with E-state index in [0.29, 0.717) is 5.75 Å². The Morgan fingerprint density at radius 1 is 1.38 bits per heavy atom. The van der Waals surface area contributed by atoms with Crippen molar-refractivity contribution < 1.29 is 17.9 Å². The predicted molar refractivity (Wildman–Crippen MR) is 54.0 cm³/mol. The Morgan fingerprint density at radius 3 is 2.44 bits per heavy atom. The molecular formula is C10H13F3N2O. The highest BCUT2D eigenvalue weighted by Gasteiger charge is 2.31. The zero-order valence-corrected chi connectivity index (χ0v) is 8.71. The maximum atomic E-state index is 12.5. The molecule has 1 rings (SSSR count). The molecule has 0 saturated carbocycles. The molecule has 0 unspecified atom stereocenters. The second-order valence-corrected chi connectivity index (χ2v) is 3.30. The summed E-state index contributed by atoms with van der Waals surface area (Å²) in [6.07, 6.45) is -4.39. The second-order valence-electron chi connectivity index (χ2n) is 3.30. The summed E-state index contributed by atoms with van der Waals surface area (Å²) in [6.45, 7) is 0.0532. The molecule has 0 aliphatic carbocycles. The van der Waals surface area contributed by atoms with Crippen LogP contribution in [0.5, 0.6) is 5.75 Å². The molecule has 6 heteroatoms. The molecule has 0 fully saturated rings. The third kappa shape index (κ3) is 2.65. The van der Waals surface area contributed by atoms with Crippen molar-refractivity contribution in [2.75, 3.05) is 13.7 Å². The molecule has 0 saturated heterocycles. The summed E-state index contributed by atoms with van der Waals surface area (Å²) in [5.74, 6) is 0.311. The highest BCUT2D eigenvalue weighted by Crippen LogP contribution is 2.34. The van der Waals surface area contributed by atoms with Crippen LogP contribution in [0.15, 0.2) is 18.2 Å². The van der Waals surface area contributed by atoms with E-state index in [4.69, 9.17) is 16.2 Å². The molecule has 1 aromatic rings. The Kier molecular flexibility index (Phi) is 3.77. The molecule has 0 bridgehead atoms. The van der Waals surface area contributed by atoms with Gasteiger partial charge in [-0.05, 0) is 18.2 Å². The number of nitrogens with two attached hydrogens (primary N) is 2. The monoisotopic (exact) mass is 234 g/mol. The first kappa shape index (κ1) is 12.8. The third-order valence-corrected chi connectivity index (χ3v) is 2.21. The first-order valence-electron chi connectivity index (χ1n) is 4.61. The number of hydrogen-bond donors (Lipinski definition) is 2. The Hall–Kier alpha value is -1.27.